The van der Waals surface area contributed by atoms with Gasteiger partial charge in [0, 0.05) is 0 Å². The minimum absolute atomic E-state index is 0.0563. The molecule has 72 valence electrons. The molecular weight excluding hydrogens is 181 g/mol. The SMILES string of the molecule is CCc1cc(C(C)=O)c(F)cc1C#N. The zero-order valence-corrected chi connectivity index (χ0v) is 8.10. The monoisotopic (exact) mass is 191 g/mol. The van der Waals surface area contributed by atoms with Crippen LogP contribution < -0.4 is 0 Å². The lowest BCUT2D eigenvalue weighted by Crippen LogP contribution is -2.01. The average Bonchev–Trinajstić information content (AvgIpc) is 2.16. The number of ketones is 1. The summed E-state index contributed by atoms with van der Waals surface area (Å²) >= 11 is 0. The summed E-state index contributed by atoms with van der Waals surface area (Å²) in [5, 5.41) is 8.70. The molecule has 0 N–H and O–H groups in total. The second-order valence-electron chi connectivity index (χ2n) is 3.01. The number of hydrogen-bond acceptors (Lipinski definition) is 2. The van der Waals surface area contributed by atoms with E-state index in [9.17, 15) is 9.18 Å². The van der Waals surface area contributed by atoms with Gasteiger partial charge in [0.1, 0.15) is 5.82 Å². The molecule has 0 unspecified atom stereocenters. The van der Waals surface area contributed by atoms with Crippen LogP contribution in [0.4, 0.5) is 4.39 Å². The van der Waals surface area contributed by atoms with Gasteiger partial charge in [-0.3, -0.25) is 4.79 Å². The summed E-state index contributed by atoms with van der Waals surface area (Å²) in [6.07, 6.45) is 0.615. The minimum atomic E-state index is -0.619. The summed E-state index contributed by atoms with van der Waals surface area (Å²) < 4.78 is 13.2. The van der Waals surface area contributed by atoms with Crippen molar-refractivity contribution >= 4 is 5.78 Å². The molecule has 0 aliphatic heterocycles. The summed E-state index contributed by atoms with van der Waals surface area (Å²) in [5.74, 6) is -0.937. The van der Waals surface area contributed by atoms with Gasteiger partial charge in [0.2, 0.25) is 0 Å². The molecule has 0 aliphatic carbocycles. The van der Waals surface area contributed by atoms with Gasteiger partial charge in [-0.25, -0.2) is 4.39 Å². The van der Waals surface area contributed by atoms with E-state index >= 15 is 0 Å². The van der Waals surface area contributed by atoms with Gasteiger partial charge in [-0.1, -0.05) is 6.92 Å². The van der Waals surface area contributed by atoms with E-state index in [0.717, 1.165) is 6.07 Å². The van der Waals surface area contributed by atoms with Crippen molar-refractivity contribution in [2.24, 2.45) is 0 Å². The molecule has 0 saturated carbocycles. The topological polar surface area (TPSA) is 40.9 Å². The Hall–Kier alpha value is -1.69. The Morgan fingerprint density at radius 1 is 1.57 bits per heavy atom. The number of carbonyl (C=O) groups excluding carboxylic acids is 1. The lowest BCUT2D eigenvalue weighted by Gasteiger charge is -2.04. The van der Waals surface area contributed by atoms with Gasteiger partial charge in [0.15, 0.2) is 5.78 Å². The van der Waals surface area contributed by atoms with E-state index in [1.165, 1.54) is 13.0 Å². The highest BCUT2D eigenvalue weighted by molar-refractivity contribution is 5.94. The maximum Gasteiger partial charge on any atom is 0.162 e. The largest absolute Gasteiger partial charge is 0.294 e. The maximum absolute atomic E-state index is 13.2. The summed E-state index contributed by atoms with van der Waals surface area (Å²) in [6.45, 7) is 3.17. The molecule has 1 rings (SSSR count). The molecule has 0 saturated heterocycles. The quantitative estimate of drug-likeness (QED) is 0.674. The molecule has 14 heavy (non-hydrogen) atoms. The van der Waals surface area contributed by atoms with Crippen molar-refractivity contribution in [3.63, 3.8) is 0 Å². The summed E-state index contributed by atoms with van der Waals surface area (Å²) in [4.78, 5) is 11.0. The second-order valence-corrected chi connectivity index (χ2v) is 3.01. The molecule has 0 amide bonds. The third-order valence-corrected chi connectivity index (χ3v) is 2.07. The van der Waals surface area contributed by atoms with Crippen molar-refractivity contribution in [2.75, 3.05) is 0 Å². The number of nitriles is 1. The molecule has 3 heteroatoms. The molecule has 0 aromatic heterocycles. The van der Waals surface area contributed by atoms with Gasteiger partial charge < -0.3 is 0 Å². The smallest absolute Gasteiger partial charge is 0.162 e. The first-order chi connectivity index (χ1) is 6.60. The van der Waals surface area contributed by atoms with E-state index in [0.29, 0.717) is 17.5 Å². The highest BCUT2D eigenvalue weighted by Gasteiger charge is 2.11. The molecular formula is C11H10FNO. The van der Waals surface area contributed by atoms with Crippen LogP contribution >= 0.6 is 0 Å². The average molecular weight is 191 g/mol. The Morgan fingerprint density at radius 3 is 2.64 bits per heavy atom. The molecule has 0 radical (unpaired) electrons. The second kappa shape index (κ2) is 4.01. The Labute approximate surface area is 82.0 Å². The molecule has 2 nitrogen and oxygen atoms in total. The van der Waals surface area contributed by atoms with Crippen LogP contribution in [0.1, 0.15) is 35.3 Å². The summed E-state index contributed by atoms with van der Waals surface area (Å²) in [7, 11) is 0. The van der Waals surface area contributed by atoms with Gasteiger partial charge in [-0.05, 0) is 31.0 Å². The highest BCUT2D eigenvalue weighted by Crippen LogP contribution is 2.16. The van der Waals surface area contributed by atoms with Gasteiger partial charge in [-0.15, -0.1) is 0 Å². The fourth-order valence-corrected chi connectivity index (χ4v) is 1.28. The lowest BCUT2D eigenvalue weighted by atomic mass is 10.0. The Morgan fingerprint density at radius 2 is 2.21 bits per heavy atom. The Kier molecular flexibility index (Phi) is 2.98. The van der Waals surface area contributed by atoms with Crippen LogP contribution in [-0.4, -0.2) is 5.78 Å². The third kappa shape index (κ3) is 1.80. The van der Waals surface area contributed by atoms with Gasteiger partial charge in [-0.2, -0.15) is 5.26 Å². The molecule has 0 aliphatic rings. The zero-order valence-electron chi connectivity index (χ0n) is 8.10. The number of hydrogen-bond donors (Lipinski definition) is 0. The van der Waals surface area contributed by atoms with Crippen LogP contribution in [0.25, 0.3) is 0 Å². The molecule has 0 atom stereocenters. The number of aryl methyl sites for hydroxylation is 1. The molecule has 0 heterocycles. The first-order valence-electron chi connectivity index (χ1n) is 4.33. The van der Waals surface area contributed by atoms with E-state index in [1.54, 1.807) is 0 Å². The minimum Gasteiger partial charge on any atom is -0.294 e. The highest BCUT2D eigenvalue weighted by atomic mass is 19.1. The van der Waals surface area contributed by atoms with Crippen LogP contribution in [0.15, 0.2) is 12.1 Å². The number of benzene rings is 1. The normalized spacial score (nSPS) is 9.57. The van der Waals surface area contributed by atoms with Gasteiger partial charge >= 0.3 is 0 Å². The standard InChI is InChI=1S/C11H10FNO/c1-3-8-4-10(7(2)14)11(12)5-9(8)6-13/h4-5H,3H2,1-2H3. The predicted molar refractivity (Wildman–Crippen MR) is 50.5 cm³/mol. The van der Waals surface area contributed by atoms with Crippen LogP contribution in [0.3, 0.4) is 0 Å². The fraction of sp³-hybridized carbons (Fsp3) is 0.273. The number of Topliss-reactive ketones (excluding diaryl/α,β-unsaturated/α-hetero) is 1. The molecule has 0 bridgehead atoms. The Balaban J connectivity index is 3.39. The van der Waals surface area contributed by atoms with Crippen molar-refractivity contribution in [2.45, 2.75) is 20.3 Å². The van der Waals surface area contributed by atoms with Crippen molar-refractivity contribution in [3.05, 3.63) is 34.6 Å². The van der Waals surface area contributed by atoms with Crippen molar-refractivity contribution < 1.29 is 9.18 Å². The first-order valence-corrected chi connectivity index (χ1v) is 4.33. The predicted octanol–water partition coefficient (Wildman–Crippen LogP) is 2.46. The van der Waals surface area contributed by atoms with Crippen LogP contribution in [-0.2, 0) is 6.42 Å². The van der Waals surface area contributed by atoms with Crippen LogP contribution in [0.5, 0.6) is 0 Å². The van der Waals surface area contributed by atoms with Crippen LogP contribution in [0, 0.1) is 17.1 Å². The van der Waals surface area contributed by atoms with E-state index in [-0.39, 0.29) is 11.3 Å². The Bertz CT molecular complexity index is 418. The van der Waals surface area contributed by atoms with Crippen molar-refractivity contribution in [1.29, 1.82) is 5.26 Å². The van der Waals surface area contributed by atoms with Crippen LogP contribution in [0.2, 0.25) is 0 Å². The summed E-state index contributed by atoms with van der Waals surface area (Å²) in [6, 6.07) is 4.48. The summed E-state index contributed by atoms with van der Waals surface area (Å²) in [5.41, 5.74) is 1.06. The molecule has 1 aromatic rings. The van der Waals surface area contributed by atoms with Gasteiger partial charge in [0.25, 0.3) is 0 Å². The van der Waals surface area contributed by atoms with Crippen molar-refractivity contribution in [1.82, 2.24) is 0 Å². The third-order valence-electron chi connectivity index (χ3n) is 2.07. The maximum atomic E-state index is 13.2. The molecule has 0 fully saturated rings. The zero-order chi connectivity index (χ0) is 10.7. The molecule has 0 spiro atoms. The fourth-order valence-electron chi connectivity index (χ4n) is 1.28. The van der Waals surface area contributed by atoms with Crippen molar-refractivity contribution in [3.8, 4) is 6.07 Å². The molecule has 1 aromatic carbocycles. The number of nitrogens with zero attached hydrogens (tertiary/aromatic N) is 1. The lowest BCUT2D eigenvalue weighted by molar-refractivity contribution is 0.101. The van der Waals surface area contributed by atoms with E-state index in [4.69, 9.17) is 5.26 Å². The number of halogens is 1. The van der Waals surface area contributed by atoms with E-state index in [2.05, 4.69) is 0 Å². The van der Waals surface area contributed by atoms with E-state index < -0.39 is 5.82 Å². The van der Waals surface area contributed by atoms with E-state index in [1.807, 2.05) is 13.0 Å². The van der Waals surface area contributed by atoms with Gasteiger partial charge in [0.05, 0.1) is 17.2 Å². The first kappa shape index (κ1) is 10.4. The number of carbonyl (C=O) groups is 1. The number of rotatable bonds is 2.